The first-order chi connectivity index (χ1) is 17.9. The molecule has 5 rings (SSSR count). The number of phenolic OH excluding ortho intramolecular Hbond substituents is 1. The SMILES string of the molecule is Cc1ccc(C(=O)Nc2ccc(O)c(-c3cc(C4CCC4)n(C(=O)NCc4cccc(C)c4)n3)c2)cc1. The Labute approximate surface area is 216 Å². The molecule has 7 heteroatoms. The second-order valence-electron chi connectivity index (χ2n) is 9.69. The van der Waals surface area contributed by atoms with Crippen molar-refractivity contribution in [2.75, 3.05) is 5.32 Å². The molecule has 0 saturated heterocycles. The molecular weight excluding hydrogens is 464 g/mol. The van der Waals surface area contributed by atoms with Crippen LogP contribution in [-0.4, -0.2) is 26.8 Å². The first kappa shape index (κ1) is 24.3. The Bertz CT molecular complexity index is 1450. The van der Waals surface area contributed by atoms with Crippen molar-refractivity contribution in [3.63, 3.8) is 0 Å². The molecule has 1 saturated carbocycles. The smallest absolute Gasteiger partial charge is 0.342 e. The standard InChI is InChI=1S/C30H30N4O3/c1-19-9-11-23(12-10-19)29(36)32-24-13-14-28(35)25(16-24)26-17-27(22-7-4-8-22)34(33-26)30(37)31-18-21-6-3-5-20(2)15-21/h3,5-6,9-17,22,35H,4,7-8,18H2,1-2H3,(H,31,37)(H,32,36). The van der Waals surface area contributed by atoms with E-state index in [9.17, 15) is 14.7 Å². The van der Waals surface area contributed by atoms with Crippen molar-refractivity contribution in [2.24, 2.45) is 0 Å². The van der Waals surface area contributed by atoms with E-state index in [2.05, 4.69) is 15.7 Å². The number of nitrogens with zero attached hydrogens (tertiary/aromatic N) is 2. The molecule has 1 heterocycles. The molecule has 2 amide bonds. The van der Waals surface area contributed by atoms with Crippen LogP contribution in [0.5, 0.6) is 5.75 Å². The van der Waals surface area contributed by atoms with Crippen molar-refractivity contribution < 1.29 is 14.7 Å². The Hall–Kier alpha value is -4.39. The lowest BCUT2D eigenvalue weighted by Gasteiger charge is -2.25. The highest BCUT2D eigenvalue weighted by molar-refractivity contribution is 6.04. The van der Waals surface area contributed by atoms with Gasteiger partial charge in [0.2, 0.25) is 0 Å². The van der Waals surface area contributed by atoms with Gasteiger partial charge in [0, 0.05) is 29.3 Å². The number of aryl methyl sites for hydroxylation is 2. The molecule has 37 heavy (non-hydrogen) atoms. The van der Waals surface area contributed by atoms with Gasteiger partial charge in [0.25, 0.3) is 5.91 Å². The zero-order chi connectivity index (χ0) is 25.9. The number of rotatable bonds is 6. The molecule has 1 aliphatic rings. The minimum absolute atomic E-state index is 0.0262. The summed E-state index contributed by atoms with van der Waals surface area (Å²) in [5.41, 5.74) is 6.06. The summed E-state index contributed by atoms with van der Waals surface area (Å²) >= 11 is 0. The molecular formula is C30H30N4O3. The van der Waals surface area contributed by atoms with Crippen LogP contribution in [0, 0.1) is 13.8 Å². The summed E-state index contributed by atoms with van der Waals surface area (Å²) < 4.78 is 1.42. The molecule has 1 fully saturated rings. The molecule has 3 N–H and O–H groups in total. The maximum absolute atomic E-state index is 13.2. The molecule has 188 valence electrons. The molecule has 0 spiro atoms. The Morgan fingerprint density at radius 2 is 1.76 bits per heavy atom. The Morgan fingerprint density at radius 1 is 0.973 bits per heavy atom. The van der Waals surface area contributed by atoms with E-state index in [4.69, 9.17) is 0 Å². The second kappa shape index (κ2) is 10.3. The normalized spacial score (nSPS) is 13.1. The van der Waals surface area contributed by atoms with Crippen LogP contribution in [0.2, 0.25) is 0 Å². The average Bonchev–Trinajstić information content (AvgIpc) is 3.27. The second-order valence-corrected chi connectivity index (χ2v) is 9.69. The van der Waals surface area contributed by atoms with Gasteiger partial charge in [-0.15, -0.1) is 0 Å². The summed E-state index contributed by atoms with van der Waals surface area (Å²) in [6, 6.07) is 21.7. The third-order valence-electron chi connectivity index (χ3n) is 6.82. The number of hydrogen-bond acceptors (Lipinski definition) is 4. The maximum Gasteiger partial charge on any atom is 0.342 e. The van der Waals surface area contributed by atoms with Gasteiger partial charge in [-0.3, -0.25) is 4.79 Å². The third kappa shape index (κ3) is 5.40. The van der Waals surface area contributed by atoms with Crippen LogP contribution in [0.1, 0.15) is 57.9 Å². The van der Waals surface area contributed by atoms with Gasteiger partial charge in [0.05, 0.1) is 11.4 Å². The Balaban J connectivity index is 1.40. The average molecular weight is 495 g/mol. The molecule has 0 atom stereocenters. The molecule has 1 aliphatic carbocycles. The Morgan fingerprint density at radius 3 is 2.46 bits per heavy atom. The van der Waals surface area contributed by atoms with E-state index in [1.165, 1.54) is 10.7 Å². The fourth-order valence-corrected chi connectivity index (χ4v) is 4.49. The molecule has 0 radical (unpaired) electrons. The van der Waals surface area contributed by atoms with Crippen LogP contribution in [0.4, 0.5) is 10.5 Å². The predicted molar refractivity (Wildman–Crippen MR) is 144 cm³/mol. The molecule has 4 aromatic rings. The van der Waals surface area contributed by atoms with E-state index in [-0.39, 0.29) is 23.6 Å². The predicted octanol–water partition coefficient (Wildman–Crippen LogP) is 6.15. The van der Waals surface area contributed by atoms with Gasteiger partial charge in [-0.05, 0) is 68.7 Å². The first-order valence-corrected chi connectivity index (χ1v) is 12.5. The quantitative estimate of drug-likeness (QED) is 0.280. The van der Waals surface area contributed by atoms with Gasteiger partial charge in [-0.25, -0.2) is 4.79 Å². The number of amides is 2. The van der Waals surface area contributed by atoms with Gasteiger partial charge in [0.15, 0.2) is 0 Å². The number of phenols is 1. The lowest BCUT2D eigenvalue weighted by molar-refractivity contribution is 0.102. The number of carbonyl (C=O) groups excluding carboxylic acids is 2. The van der Waals surface area contributed by atoms with E-state index in [1.54, 1.807) is 24.3 Å². The summed E-state index contributed by atoms with van der Waals surface area (Å²) in [7, 11) is 0. The van der Waals surface area contributed by atoms with Crippen LogP contribution in [0.25, 0.3) is 11.3 Å². The van der Waals surface area contributed by atoms with Crippen LogP contribution < -0.4 is 10.6 Å². The highest BCUT2D eigenvalue weighted by Gasteiger charge is 2.27. The number of nitrogens with one attached hydrogen (secondary N) is 2. The van der Waals surface area contributed by atoms with Gasteiger partial charge < -0.3 is 15.7 Å². The zero-order valence-corrected chi connectivity index (χ0v) is 21.0. The topological polar surface area (TPSA) is 96.2 Å². The van der Waals surface area contributed by atoms with Crippen molar-refractivity contribution in [1.82, 2.24) is 15.1 Å². The molecule has 1 aromatic heterocycles. The van der Waals surface area contributed by atoms with Crippen molar-refractivity contribution in [3.05, 3.63) is 101 Å². The van der Waals surface area contributed by atoms with Crippen LogP contribution >= 0.6 is 0 Å². The van der Waals surface area contributed by atoms with E-state index >= 15 is 0 Å². The van der Waals surface area contributed by atoms with Crippen LogP contribution in [0.15, 0.2) is 72.8 Å². The highest BCUT2D eigenvalue weighted by Crippen LogP contribution is 2.39. The zero-order valence-electron chi connectivity index (χ0n) is 21.0. The lowest BCUT2D eigenvalue weighted by atomic mass is 9.82. The van der Waals surface area contributed by atoms with Crippen molar-refractivity contribution in [1.29, 1.82) is 0 Å². The number of aromatic hydroxyl groups is 1. The summed E-state index contributed by atoms with van der Waals surface area (Å²) in [5.74, 6) is 0.0312. The highest BCUT2D eigenvalue weighted by atomic mass is 16.3. The van der Waals surface area contributed by atoms with Gasteiger partial charge >= 0.3 is 6.03 Å². The van der Waals surface area contributed by atoms with Crippen molar-refractivity contribution >= 4 is 17.6 Å². The summed E-state index contributed by atoms with van der Waals surface area (Å²) in [4.78, 5) is 25.9. The number of anilines is 1. The van der Waals surface area contributed by atoms with Crippen molar-refractivity contribution in [2.45, 2.75) is 45.6 Å². The van der Waals surface area contributed by atoms with Crippen molar-refractivity contribution in [3.8, 4) is 17.0 Å². The number of carbonyl (C=O) groups is 2. The molecule has 7 nitrogen and oxygen atoms in total. The molecule has 0 aliphatic heterocycles. The fraction of sp³-hybridized carbons (Fsp3) is 0.233. The largest absolute Gasteiger partial charge is 0.507 e. The minimum Gasteiger partial charge on any atom is -0.507 e. The first-order valence-electron chi connectivity index (χ1n) is 12.5. The van der Waals surface area contributed by atoms with E-state index in [0.29, 0.717) is 29.1 Å². The van der Waals surface area contributed by atoms with E-state index in [1.807, 2.05) is 56.3 Å². The van der Waals surface area contributed by atoms with Crippen LogP contribution in [-0.2, 0) is 6.54 Å². The summed E-state index contributed by atoms with van der Waals surface area (Å²) in [6.07, 6.45) is 3.10. The number of benzene rings is 3. The number of hydrogen-bond donors (Lipinski definition) is 3. The van der Waals surface area contributed by atoms with Gasteiger partial charge in [-0.2, -0.15) is 9.78 Å². The minimum atomic E-state index is -0.307. The summed E-state index contributed by atoms with van der Waals surface area (Å²) in [6.45, 7) is 4.38. The fourth-order valence-electron chi connectivity index (χ4n) is 4.49. The van der Waals surface area contributed by atoms with Gasteiger partial charge in [-0.1, -0.05) is 53.9 Å². The monoisotopic (exact) mass is 494 g/mol. The number of aromatic nitrogens is 2. The van der Waals surface area contributed by atoms with E-state index in [0.717, 1.165) is 41.6 Å². The van der Waals surface area contributed by atoms with Crippen LogP contribution in [0.3, 0.4) is 0 Å². The Kier molecular flexibility index (Phi) is 6.77. The third-order valence-corrected chi connectivity index (χ3v) is 6.82. The van der Waals surface area contributed by atoms with Gasteiger partial charge in [0.1, 0.15) is 5.75 Å². The lowest BCUT2D eigenvalue weighted by Crippen LogP contribution is -2.31. The molecule has 0 unspecified atom stereocenters. The summed E-state index contributed by atoms with van der Waals surface area (Å²) in [5, 5.41) is 21.1. The molecule has 3 aromatic carbocycles. The molecule has 0 bridgehead atoms. The maximum atomic E-state index is 13.2. The van der Waals surface area contributed by atoms with E-state index < -0.39 is 0 Å².